The first-order valence-electron chi connectivity index (χ1n) is 4.95. The maximum Gasteiger partial charge on any atom is 0.322 e. The van der Waals surface area contributed by atoms with Gasteiger partial charge in [-0.15, -0.1) is 0 Å². The fraction of sp³-hybridized carbons (Fsp3) is 0.400. The van der Waals surface area contributed by atoms with E-state index in [1.165, 1.54) is 0 Å². The number of urea groups is 1. The molecule has 7 heteroatoms. The molecule has 94 valence electrons. The first kappa shape index (κ1) is 13.9. The van der Waals surface area contributed by atoms with Gasteiger partial charge in [-0.2, -0.15) is 0 Å². The van der Waals surface area contributed by atoms with Gasteiger partial charge in [0.25, 0.3) is 0 Å². The average molecular weight is 304 g/mol. The predicted octanol–water partition coefficient (Wildman–Crippen LogP) is 1.59. The fourth-order valence-corrected chi connectivity index (χ4v) is 1.30. The minimum atomic E-state index is -0.368. The maximum absolute atomic E-state index is 11.4. The summed E-state index contributed by atoms with van der Waals surface area (Å²) < 4.78 is 10.7. The van der Waals surface area contributed by atoms with Crippen LogP contribution in [0.2, 0.25) is 0 Å². The van der Waals surface area contributed by atoms with Crippen LogP contribution in [-0.4, -0.2) is 38.1 Å². The number of rotatable bonds is 6. The highest BCUT2D eigenvalue weighted by Crippen LogP contribution is 2.12. The van der Waals surface area contributed by atoms with Gasteiger partial charge >= 0.3 is 6.03 Å². The lowest BCUT2D eigenvalue weighted by atomic mass is 10.5. The Morgan fingerprint density at radius 1 is 1.53 bits per heavy atom. The number of hydrogen-bond acceptors (Lipinski definition) is 4. The van der Waals surface area contributed by atoms with E-state index in [0.29, 0.717) is 19.0 Å². The van der Waals surface area contributed by atoms with Crippen LogP contribution in [0.5, 0.6) is 0 Å². The Morgan fingerprint density at radius 2 is 2.35 bits per heavy atom. The van der Waals surface area contributed by atoms with Crippen molar-refractivity contribution in [1.82, 2.24) is 10.3 Å². The van der Waals surface area contributed by atoms with Gasteiger partial charge in [0.05, 0.1) is 13.2 Å². The molecule has 2 N–H and O–H groups in total. The molecule has 0 unspecified atom stereocenters. The van der Waals surface area contributed by atoms with Gasteiger partial charge in [0.1, 0.15) is 12.5 Å². The lowest BCUT2D eigenvalue weighted by Gasteiger charge is -2.07. The molecule has 0 fully saturated rings. The molecule has 1 rings (SSSR count). The first-order chi connectivity index (χ1) is 8.22. The van der Waals surface area contributed by atoms with E-state index in [-0.39, 0.29) is 12.8 Å². The summed E-state index contributed by atoms with van der Waals surface area (Å²) in [6.45, 7) is 1.06. The quantitative estimate of drug-likeness (QED) is 0.618. The third-order valence-corrected chi connectivity index (χ3v) is 2.22. The van der Waals surface area contributed by atoms with Crippen molar-refractivity contribution >= 4 is 27.8 Å². The van der Waals surface area contributed by atoms with E-state index in [4.69, 9.17) is 9.47 Å². The van der Waals surface area contributed by atoms with Crippen molar-refractivity contribution in [3.63, 3.8) is 0 Å². The van der Waals surface area contributed by atoms with Crippen LogP contribution >= 0.6 is 15.9 Å². The topological polar surface area (TPSA) is 72.5 Å². The van der Waals surface area contributed by atoms with Crippen LogP contribution in [0.4, 0.5) is 10.6 Å². The first-order valence-corrected chi connectivity index (χ1v) is 5.75. The molecule has 0 radical (unpaired) electrons. The van der Waals surface area contributed by atoms with Crippen molar-refractivity contribution in [1.29, 1.82) is 0 Å². The van der Waals surface area contributed by atoms with Gasteiger partial charge in [-0.25, -0.2) is 9.78 Å². The number of aromatic nitrogens is 1. The number of halogens is 1. The monoisotopic (exact) mass is 303 g/mol. The number of carbonyl (C=O) groups is 1. The molecule has 0 saturated carbocycles. The largest absolute Gasteiger partial charge is 0.382 e. The summed E-state index contributed by atoms with van der Waals surface area (Å²) in [6.07, 6.45) is 1.59. The Labute approximate surface area is 108 Å². The zero-order valence-electron chi connectivity index (χ0n) is 9.40. The summed E-state index contributed by atoms with van der Waals surface area (Å²) in [5.74, 6) is 0.466. The van der Waals surface area contributed by atoms with Crippen molar-refractivity contribution in [2.45, 2.75) is 0 Å². The van der Waals surface area contributed by atoms with E-state index in [1.54, 1.807) is 25.4 Å². The molecular formula is C10H14BrN3O3. The normalized spacial score (nSPS) is 10.0. The summed E-state index contributed by atoms with van der Waals surface area (Å²) >= 11 is 3.28. The molecule has 0 bridgehead atoms. The van der Waals surface area contributed by atoms with E-state index in [2.05, 4.69) is 31.5 Å². The molecule has 6 nitrogen and oxygen atoms in total. The standard InChI is InChI=1S/C10H14BrN3O3/c1-16-4-5-17-7-13-10(15)14-9-6-8(11)2-3-12-9/h2-3,6H,4-5,7H2,1H3,(H2,12,13,14,15). The molecule has 0 aliphatic heterocycles. The highest BCUT2D eigenvalue weighted by Gasteiger charge is 2.01. The molecule has 17 heavy (non-hydrogen) atoms. The second kappa shape index (κ2) is 7.99. The molecule has 1 aromatic rings. The van der Waals surface area contributed by atoms with Crippen molar-refractivity contribution in [3.05, 3.63) is 22.8 Å². The highest BCUT2D eigenvalue weighted by atomic mass is 79.9. The molecule has 2 amide bonds. The van der Waals surface area contributed by atoms with Crippen LogP contribution in [0.1, 0.15) is 0 Å². The summed E-state index contributed by atoms with van der Waals surface area (Å²) in [5, 5.41) is 5.10. The SMILES string of the molecule is COCCOCNC(=O)Nc1cc(Br)ccn1. The zero-order valence-corrected chi connectivity index (χ0v) is 11.0. The Morgan fingerprint density at radius 3 is 3.06 bits per heavy atom. The lowest BCUT2D eigenvalue weighted by molar-refractivity contribution is 0.0650. The van der Waals surface area contributed by atoms with Crippen LogP contribution in [0.3, 0.4) is 0 Å². The summed E-state index contributed by atoms with van der Waals surface area (Å²) in [4.78, 5) is 15.3. The van der Waals surface area contributed by atoms with Gasteiger partial charge in [0.15, 0.2) is 0 Å². The molecule has 1 heterocycles. The van der Waals surface area contributed by atoms with E-state index in [1.807, 2.05) is 0 Å². The molecule has 0 saturated heterocycles. The number of methoxy groups -OCH3 is 1. The second-order valence-corrected chi connectivity index (χ2v) is 3.95. The zero-order chi connectivity index (χ0) is 12.5. The minimum Gasteiger partial charge on any atom is -0.382 e. The maximum atomic E-state index is 11.4. The average Bonchev–Trinajstić information content (AvgIpc) is 2.29. The molecule has 0 spiro atoms. The van der Waals surface area contributed by atoms with Crippen molar-refractivity contribution in [3.8, 4) is 0 Å². The van der Waals surface area contributed by atoms with Gasteiger partial charge in [-0.1, -0.05) is 15.9 Å². The minimum absolute atomic E-state index is 0.128. The summed E-state index contributed by atoms with van der Waals surface area (Å²) in [5.41, 5.74) is 0. The Bertz CT molecular complexity index is 362. The van der Waals surface area contributed by atoms with Crippen LogP contribution < -0.4 is 10.6 Å². The van der Waals surface area contributed by atoms with E-state index in [0.717, 1.165) is 4.47 Å². The van der Waals surface area contributed by atoms with Crippen LogP contribution in [0, 0.1) is 0 Å². The molecule has 0 atom stereocenters. The lowest BCUT2D eigenvalue weighted by Crippen LogP contribution is -2.31. The predicted molar refractivity (Wildman–Crippen MR) is 66.8 cm³/mol. The number of pyridine rings is 1. The Balaban J connectivity index is 2.21. The van der Waals surface area contributed by atoms with Crippen LogP contribution in [0.15, 0.2) is 22.8 Å². The van der Waals surface area contributed by atoms with Crippen molar-refractivity contribution in [2.24, 2.45) is 0 Å². The van der Waals surface area contributed by atoms with Gasteiger partial charge in [0, 0.05) is 17.8 Å². The molecule has 0 aliphatic rings. The number of carbonyl (C=O) groups excluding carboxylic acids is 1. The number of nitrogens with one attached hydrogen (secondary N) is 2. The van der Waals surface area contributed by atoms with Crippen molar-refractivity contribution < 1.29 is 14.3 Å². The number of ether oxygens (including phenoxy) is 2. The van der Waals surface area contributed by atoms with Gasteiger partial charge in [-0.05, 0) is 12.1 Å². The third kappa shape index (κ3) is 6.20. The van der Waals surface area contributed by atoms with Crippen LogP contribution in [0.25, 0.3) is 0 Å². The number of anilines is 1. The number of amides is 2. The van der Waals surface area contributed by atoms with Crippen LogP contribution in [-0.2, 0) is 9.47 Å². The van der Waals surface area contributed by atoms with Gasteiger partial charge < -0.3 is 14.8 Å². The highest BCUT2D eigenvalue weighted by molar-refractivity contribution is 9.10. The summed E-state index contributed by atoms with van der Waals surface area (Å²) in [6, 6.07) is 3.11. The van der Waals surface area contributed by atoms with E-state index < -0.39 is 0 Å². The molecule has 0 aliphatic carbocycles. The van der Waals surface area contributed by atoms with Gasteiger partial charge in [-0.3, -0.25) is 5.32 Å². The second-order valence-electron chi connectivity index (χ2n) is 3.04. The molecular weight excluding hydrogens is 290 g/mol. The molecule has 1 aromatic heterocycles. The summed E-state index contributed by atoms with van der Waals surface area (Å²) in [7, 11) is 1.59. The van der Waals surface area contributed by atoms with Gasteiger partial charge in [0.2, 0.25) is 0 Å². The smallest absolute Gasteiger partial charge is 0.322 e. The number of nitrogens with zero attached hydrogens (tertiary/aromatic N) is 1. The fourth-order valence-electron chi connectivity index (χ4n) is 0.965. The van der Waals surface area contributed by atoms with E-state index in [9.17, 15) is 4.79 Å². The molecule has 0 aromatic carbocycles. The third-order valence-electron chi connectivity index (χ3n) is 1.73. The van der Waals surface area contributed by atoms with Crippen molar-refractivity contribution in [2.75, 3.05) is 32.4 Å². The van der Waals surface area contributed by atoms with E-state index >= 15 is 0 Å². The Hall–Kier alpha value is -1.18. The number of hydrogen-bond donors (Lipinski definition) is 2. The Kier molecular flexibility index (Phi) is 6.53.